The summed E-state index contributed by atoms with van der Waals surface area (Å²) in [6, 6.07) is 0. The van der Waals surface area contributed by atoms with E-state index in [1.165, 1.54) is 24.5 Å². The predicted molar refractivity (Wildman–Crippen MR) is 47.9 cm³/mol. The molecule has 0 N–H and O–H groups in total. The molecule has 64 valence electrons. The van der Waals surface area contributed by atoms with Gasteiger partial charge in [0.05, 0.1) is 7.11 Å². The fourth-order valence-corrected chi connectivity index (χ4v) is 1.33. The van der Waals surface area contributed by atoms with Crippen LogP contribution in [0.5, 0.6) is 0 Å². The van der Waals surface area contributed by atoms with E-state index in [2.05, 4.69) is 9.72 Å². The molecule has 12 heavy (non-hydrogen) atoms. The van der Waals surface area contributed by atoms with Gasteiger partial charge < -0.3 is 4.74 Å². The van der Waals surface area contributed by atoms with Crippen LogP contribution in [0, 0.1) is 6.92 Å². The highest BCUT2D eigenvalue weighted by atomic mass is 32.1. The first-order chi connectivity index (χ1) is 5.72. The lowest BCUT2D eigenvalue weighted by atomic mass is 10.5. The normalized spacial score (nSPS) is 10.5. The molecule has 0 saturated carbocycles. The van der Waals surface area contributed by atoms with Crippen LogP contribution in [0.4, 0.5) is 0 Å². The summed E-state index contributed by atoms with van der Waals surface area (Å²) in [6.45, 7) is 1.97. The van der Waals surface area contributed by atoms with Crippen molar-refractivity contribution < 1.29 is 9.53 Å². The molecule has 1 rings (SSSR count). The Balaban J connectivity index is 2.63. The molecular formula is C8H9NO2S. The molecule has 0 aliphatic carbocycles. The molecular weight excluding hydrogens is 174 g/mol. The summed E-state index contributed by atoms with van der Waals surface area (Å²) in [4.78, 5) is 15.8. The smallest absolute Gasteiger partial charge is 0.330 e. The van der Waals surface area contributed by atoms with Crippen molar-refractivity contribution in [3.05, 3.63) is 22.2 Å². The Morgan fingerprint density at radius 2 is 2.50 bits per heavy atom. The molecule has 1 aromatic heterocycles. The second-order valence-corrected chi connectivity index (χ2v) is 3.43. The topological polar surface area (TPSA) is 39.2 Å². The summed E-state index contributed by atoms with van der Waals surface area (Å²) in [5, 5.41) is 0.818. The molecule has 0 aliphatic rings. The van der Waals surface area contributed by atoms with Gasteiger partial charge in [-0.1, -0.05) is 0 Å². The largest absolute Gasteiger partial charge is 0.466 e. The average molecular weight is 183 g/mol. The van der Waals surface area contributed by atoms with Gasteiger partial charge in [-0.2, -0.15) is 0 Å². The molecule has 0 bridgehead atoms. The number of nitrogens with zero attached hydrogens (tertiary/aromatic N) is 1. The number of rotatable bonds is 2. The lowest BCUT2D eigenvalue weighted by molar-refractivity contribution is -0.134. The molecule has 0 aliphatic heterocycles. The summed E-state index contributed by atoms with van der Waals surface area (Å²) in [7, 11) is 1.35. The van der Waals surface area contributed by atoms with Crippen molar-refractivity contribution in [3.8, 4) is 0 Å². The average Bonchev–Trinajstić information content (AvgIpc) is 2.47. The van der Waals surface area contributed by atoms with E-state index in [4.69, 9.17) is 0 Å². The minimum Gasteiger partial charge on any atom is -0.466 e. The third-order valence-electron chi connectivity index (χ3n) is 1.20. The van der Waals surface area contributed by atoms with E-state index < -0.39 is 0 Å². The van der Waals surface area contributed by atoms with Gasteiger partial charge in [0, 0.05) is 17.2 Å². The van der Waals surface area contributed by atoms with Crippen LogP contribution in [-0.4, -0.2) is 18.1 Å². The lowest BCUT2D eigenvalue weighted by Crippen LogP contribution is -1.92. The number of thiazole rings is 1. The molecule has 0 atom stereocenters. The van der Waals surface area contributed by atoms with Crippen molar-refractivity contribution >= 4 is 23.4 Å². The van der Waals surface area contributed by atoms with Crippen LogP contribution in [0.15, 0.2) is 12.3 Å². The maximum absolute atomic E-state index is 10.7. The second kappa shape index (κ2) is 4.01. The van der Waals surface area contributed by atoms with Crippen molar-refractivity contribution in [3.63, 3.8) is 0 Å². The van der Waals surface area contributed by atoms with E-state index in [0.717, 1.165) is 9.88 Å². The maximum atomic E-state index is 10.7. The Kier molecular flexibility index (Phi) is 2.99. The molecule has 1 aromatic rings. The van der Waals surface area contributed by atoms with Crippen LogP contribution in [0.25, 0.3) is 6.08 Å². The first-order valence-corrected chi connectivity index (χ1v) is 4.22. The molecule has 0 unspecified atom stereocenters. The number of hydrogen-bond donors (Lipinski definition) is 0. The molecule has 0 fully saturated rings. The van der Waals surface area contributed by atoms with Gasteiger partial charge >= 0.3 is 5.97 Å². The lowest BCUT2D eigenvalue weighted by Gasteiger charge is -1.86. The van der Waals surface area contributed by atoms with Crippen LogP contribution in [0.1, 0.15) is 9.88 Å². The molecule has 0 amide bonds. The van der Waals surface area contributed by atoms with Crippen molar-refractivity contribution in [2.75, 3.05) is 7.11 Å². The molecule has 0 radical (unpaired) electrons. The summed E-state index contributed by atoms with van der Waals surface area (Å²) in [5.41, 5.74) is 0. The summed E-state index contributed by atoms with van der Waals surface area (Å²) in [6.07, 6.45) is 4.77. The van der Waals surface area contributed by atoms with Gasteiger partial charge in [-0.05, 0) is 13.0 Å². The highest BCUT2D eigenvalue weighted by Gasteiger charge is 1.95. The zero-order chi connectivity index (χ0) is 8.97. The van der Waals surface area contributed by atoms with Gasteiger partial charge in [-0.15, -0.1) is 11.3 Å². The van der Waals surface area contributed by atoms with Gasteiger partial charge in [0.15, 0.2) is 0 Å². The van der Waals surface area contributed by atoms with E-state index in [0.29, 0.717) is 0 Å². The van der Waals surface area contributed by atoms with E-state index in [-0.39, 0.29) is 5.97 Å². The number of ether oxygens (including phenoxy) is 1. The van der Waals surface area contributed by atoms with Crippen molar-refractivity contribution in [2.24, 2.45) is 0 Å². The molecule has 0 aromatic carbocycles. The van der Waals surface area contributed by atoms with Gasteiger partial charge in [0.25, 0.3) is 0 Å². The quantitative estimate of drug-likeness (QED) is 0.517. The van der Waals surface area contributed by atoms with E-state index >= 15 is 0 Å². The fraction of sp³-hybridized carbons (Fsp3) is 0.250. The van der Waals surface area contributed by atoms with Gasteiger partial charge in [0.2, 0.25) is 0 Å². The van der Waals surface area contributed by atoms with E-state index in [9.17, 15) is 4.79 Å². The van der Waals surface area contributed by atoms with Crippen LogP contribution in [0.3, 0.4) is 0 Å². The summed E-state index contributed by atoms with van der Waals surface area (Å²) in [5.74, 6) is -0.358. The molecule has 4 heteroatoms. The van der Waals surface area contributed by atoms with Crippen LogP contribution in [0.2, 0.25) is 0 Å². The number of aromatic nitrogens is 1. The SMILES string of the molecule is COC(=O)/C=C/c1ncc(C)s1. The van der Waals surface area contributed by atoms with Crippen molar-refractivity contribution in [2.45, 2.75) is 6.92 Å². The third-order valence-corrected chi connectivity index (χ3v) is 2.08. The molecule has 1 heterocycles. The standard InChI is InChI=1S/C8H9NO2S/c1-6-5-9-7(12-6)3-4-8(10)11-2/h3-5H,1-2H3/b4-3+. The minimum atomic E-state index is -0.358. The number of methoxy groups -OCH3 is 1. The predicted octanol–water partition coefficient (Wildman–Crippen LogP) is 1.64. The second-order valence-electron chi connectivity index (χ2n) is 2.17. The number of carbonyl (C=O) groups is 1. The molecule has 0 saturated heterocycles. The highest BCUT2D eigenvalue weighted by Crippen LogP contribution is 2.12. The Morgan fingerprint density at radius 3 is 3.00 bits per heavy atom. The van der Waals surface area contributed by atoms with Crippen LogP contribution < -0.4 is 0 Å². The summed E-state index contributed by atoms with van der Waals surface area (Å²) < 4.78 is 4.43. The highest BCUT2D eigenvalue weighted by molar-refractivity contribution is 7.12. The van der Waals surface area contributed by atoms with Crippen molar-refractivity contribution in [1.29, 1.82) is 0 Å². The number of carbonyl (C=O) groups excluding carboxylic acids is 1. The van der Waals surface area contributed by atoms with E-state index in [1.807, 2.05) is 6.92 Å². The van der Waals surface area contributed by atoms with E-state index in [1.54, 1.807) is 12.3 Å². The monoisotopic (exact) mass is 183 g/mol. The third kappa shape index (κ3) is 2.47. The van der Waals surface area contributed by atoms with Crippen LogP contribution in [-0.2, 0) is 9.53 Å². The first kappa shape index (κ1) is 8.93. The number of esters is 1. The molecule has 3 nitrogen and oxygen atoms in total. The van der Waals surface area contributed by atoms with Gasteiger partial charge in [0.1, 0.15) is 5.01 Å². The maximum Gasteiger partial charge on any atom is 0.330 e. The Hall–Kier alpha value is -1.16. The zero-order valence-electron chi connectivity index (χ0n) is 6.90. The first-order valence-electron chi connectivity index (χ1n) is 3.41. The van der Waals surface area contributed by atoms with Crippen molar-refractivity contribution in [1.82, 2.24) is 4.98 Å². The van der Waals surface area contributed by atoms with Gasteiger partial charge in [-0.3, -0.25) is 0 Å². The van der Waals surface area contributed by atoms with Crippen LogP contribution >= 0.6 is 11.3 Å². The fourth-order valence-electron chi connectivity index (χ4n) is 0.657. The minimum absolute atomic E-state index is 0.358. The Bertz CT molecular complexity index is 304. The Morgan fingerprint density at radius 1 is 1.75 bits per heavy atom. The zero-order valence-corrected chi connectivity index (χ0v) is 7.72. The number of hydrogen-bond acceptors (Lipinski definition) is 4. The number of aryl methyl sites for hydroxylation is 1. The van der Waals surface area contributed by atoms with Gasteiger partial charge in [-0.25, -0.2) is 9.78 Å². The molecule has 0 spiro atoms. The summed E-state index contributed by atoms with van der Waals surface area (Å²) >= 11 is 1.53. The Labute approximate surface area is 74.7 Å².